The van der Waals surface area contributed by atoms with Crippen LogP contribution in [-0.4, -0.2) is 22.5 Å². The molecule has 1 heterocycles. The van der Waals surface area contributed by atoms with Crippen LogP contribution in [0.4, 0.5) is 0 Å². The molecule has 0 saturated carbocycles. The van der Waals surface area contributed by atoms with E-state index in [0.717, 1.165) is 36.1 Å². The van der Waals surface area contributed by atoms with Crippen molar-refractivity contribution in [2.75, 3.05) is 6.54 Å². The Morgan fingerprint density at radius 3 is 2.76 bits per heavy atom. The van der Waals surface area contributed by atoms with E-state index in [2.05, 4.69) is 33.0 Å². The van der Waals surface area contributed by atoms with E-state index in [1.165, 1.54) is 11.1 Å². The lowest BCUT2D eigenvalue weighted by Crippen LogP contribution is -2.30. The van der Waals surface area contributed by atoms with Gasteiger partial charge in [0.2, 0.25) is 0 Å². The fourth-order valence-electron chi connectivity index (χ4n) is 2.75. The topological polar surface area (TPSA) is 40.5 Å². The second kappa shape index (κ2) is 6.00. The highest BCUT2D eigenvalue weighted by molar-refractivity contribution is 9.10. The minimum atomic E-state index is -0.860. The van der Waals surface area contributed by atoms with Crippen molar-refractivity contribution in [1.29, 1.82) is 0 Å². The van der Waals surface area contributed by atoms with Crippen molar-refractivity contribution < 1.29 is 9.90 Å². The number of carboxylic acid groups (broad SMARTS) is 1. The Balaban J connectivity index is 1.79. The first-order chi connectivity index (χ1) is 10.1. The van der Waals surface area contributed by atoms with Crippen LogP contribution in [-0.2, 0) is 19.5 Å². The highest BCUT2D eigenvalue weighted by atomic mass is 79.9. The van der Waals surface area contributed by atoms with Gasteiger partial charge in [0.25, 0.3) is 0 Å². The Morgan fingerprint density at radius 2 is 2.00 bits per heavy atom. The molecule has 108 valence electrons. The summed E-state index contributed by atoms with van der Waals surface area (Å²) in [5.74, 6) is -0.860. The van der Waals surface area contributed by atoms with Gasteiger partial charge in [0, 0.05) is 24.1 Å². The Hall–Kier alpha value is -1.65. The molecule has 0 radical (unpaired) electrons. The van der Waals surface area contributed by atoms with Crippen molar-refractivity contribution in [1.82, 2.24) is 4.90 Å². The van der Waals surface area contributed by atoms with E-state index in [1.807, 2.05) is 24.3 Å². The zero-order chi connectivity index (χ0) is 14.8. The summed E-state index contributed by atoms with van der Waals surface area (Å²) in [6, 6.07) is 13.7. The fourth-order valence-corrected chi connectivity index (χ4v) is 3.16. The summed E-state index contributed by atoms with van der Waals surface area (Å²) in [6.07, 6.45) is 0.972. The van der Waals surface area contributed by atoms with E-state index in [9.17, 15) is 4.79 Å². The Kier molecular flexibility index (Phi) is 4.08. The van der Waals surface area contributed by atoms with Crippen LogP contribution in [0.5, 0.6) is 0 Å². The van der Waals surface area contributed by atoms with Crippen LogP contribution in [0.1, 0.15) is 27.0 Å². The van der Waals surface area contributed by atoms with Crippen LogP contribution in [0.2, 0.25) is 0 Å². The van der Waals surface area contributed by atoms with Gasteiger partial charge in [-0.2, -0.15) is 0 Å². The number of aromatic carboxylic acids is 1. The predicted octanol–water partition coefficient (Wildman–Crippen LogP) is 3.71. The molecule has 1 aliphatic heterocycles. The molecule has 1 N–H and O–H groups in total. The number of nitrogens with zero attached hydrogens (tertiary/aromatic N) is 1. The Bertz CT molecular complexity index is 684. The van der Waals surface area contributed by atoms with Gasteiger partial charge >= 0.3 is 5.97 Å². The lowest BCUT2D eigenvalue weighted by molar-refractivity contribution is 0.0696. The number of hydrogen-bond donors (Lipinski definition) is 1. The second-order valence-electron chi connectivity index (χ2n) is 5.34. The molecule has 0 aromatic heterocycles. The summed E-state index contributed by atoms with van der Waals surface area (Å²) in [5.41, 5.74) is 4.03. The van der Waals surface area contributed by atoms with E-state index in [-0.39, 0.29) is 0 Å². The zero-order valence-electron chi connectivity index (χ0n) is 11.6. The minimum Gasteiger partial charge on any atom is -0.478 e. The molecule has 4 heteroatoms. The third-order valence-electron chi connectivity index (χ3n) is 3.90. The van der Waals surface area contributed by atoms with Crippen LogP contribution in [0.3, 0.4) is 0 Å². The molecule has 0 amide bonds. The monoisotopic (exact) mass is 345 g/mol. The lowest BCUT2D eigenvalue weighted by atomic mass is 9.97. The smallest absolute Gasteiger partial charge is 0.335 e. The normalized spacial score (nSPS) is 14.7. The minimum absolute atomic E-state index is 0.372. The molecule has 2 aromatic rings. The van der Waals surface area contributed by atoms with E-state index in [1.54, 1.807) is 6.07 Å². The van der Waals surface area contributed by atoms with Gasteiger partial charge in [-0.25, -0.2) is 4.79 Å². The van der Waals surface area contributed by atoms with E-state index >= 15 is 0 Å². The van der Waals surface area contributed by atoms with Crippen molar-refractivity contribution in [2.24, 2.45) is 0 Å². The number of carbonyl (C=O) groups is 1. The third kappa shape index (κ3) is 3.17. The van der Waals surface area contributed by atoms with Crippen molar-refractivity contribution in [3.8, 4) is 0 Å². The maximum absolute atomic E-state index is 11.1. The molecular formula is C17H16BrNO2. The number of benzene rings is 2. The van der Waals surface area contributed by atoms with Crippen LogP contribution in [0, 0.1) is 0 Å². The van der Waals surface area contributed by atoms with Gasteiger partial charge in [0.1, 0.15) is 0 Å². The summed E-state index contributed by atoms with van der Waals surface area (Å²) in [7, 11) is 0. The molecule has 0 fully saturated rings. The molecule has 3 nitrogen and oxygen atoms in total. The standard InChI is InChI=1S/C17H16BrNO2/c18-16-4-2-1-3-14(16)10-19-8-7-12-5-6-13(17(20)21)9-15(12)11-19/h1-6,9H,7-8,10-11H2,(H,20,21). The van der Waals surface area contributed by atoms with Gasteiger partial charge in [0.15, 0.2) is 0 Å². The molecule has 21 heavy (non-hydrogen) atoms. The van der Waals surface area contributed by atoms with Gasteiger partial charge in [-0.1, -0.05) is 40.2 Å². The molecule has 0 spiro atoms. The molecule has 0 saturated heterocycles. The van der Waals surface area contributed by atoms with Gasteiger partial charge in [-0.3, -0.25) is 4.90 Å². The first kappa shape index (κ1) is 14.3. The van der Waals surface area contributed by atoms with Crippen molar-refractivity contribution in [2.45, 2.75) is 19.5 Å². The number of halogens is 1. The van der Waals surface area contributed by atoms with Gasteiger partial charge in [0.05, 0.1) is 5.56 Å². The molecule has 0 atom stereocenters. The van der Waals surface area contributed by atoms with Crippen molar-refractivity contribution in [3.05, 3.63) is 69.2 Å². The molecular weight excluding hydrogens is 330 g/mol. The maximum Gasteiger partial charge on any atom is 0.335 e. The first-order valence-corrected chi connectivity index (χ1v) is 7.73. The largest absolute Gasteiger partial charge is 0.478 e. The highest BCUT2D eigenvalue weighted by Crippen LogP contribution is 2.24. The number of rotatable bonds is 3. The van der Waals surface area contributed by atoms with E-state index < -0.39 is 5.97 Å². The number of hydrogen-bond acceptors (Lipinski definition) is 2. The fraction of sp³-hybridized carbons (Fsp3) is 0.235. The Labute approximate surface area is 132 Å². The third-order valence-corrected chi connectivity index (χ3v) is 4.67. The van der Waals surface area contributed by atoms with Gasteiger partial charge in [-0.15, -0.1) is 0 Å². The average molecular weight is 346 g/mol. The highest BCUT2D eigenvalue weighted by Gasteiger charge is 2.18. The number of carboxylic acids is 1. The molecule has 2 aromatic carbocycles. The maximum atomic E-state index is 11.1. The van der Waals surface area contributed by atoms with Gasteiger partial charge < -0.3 is 5.11 Å². The summed E-state index contributed by atoms with van der Waals surface area (Å²) in [5, 5.41) is 9.10. The summed E-state index contributed by atoms with van der Waals surface area (Å²) in [4.78, 5) is 13.4. The SMILES string of the molecule is O=C(O)c1ccc2c(c1)CN(Cc1ccccc1Br)CC2. The molecule has 0 bridgehead atoms. The molecule has 0 aliphatic carbocycles. The van der Waals surface area contributed by atoms with E-state index in [0.29, 0.717) is 5.56 Å². The summed E-state index contributed by atoms with van der Waals surface area (Å²) >= 11 is 3.58. The van der Waals surface area contributed by atoms with Crippen LogP contribution in [0.25, 0.3) is 0 Å². The van der Waals surface area contributed by atoms with Crippen LogP contribution >= 0.6 is 15.9 Å². The molecule has 0 unspecified atom stereocenters. The Morgan fingerprint density at radius 1 is 1.19 bits per heavy atom. The van der Waals surface area contributed by atoms with Crippen LogP contribution in [0.15, 0.2) is 46.9 Å². The molecule has 1 aliphatic rings. The van der Waals surface area contributed by atoms with Crippen molar-refractivity contribution >= 4 is 21.9 Å². The first-order valence-electron chi connectivity index (χ1n) is 6.94. The summed E-state index contributed by atoms with van der Waals surface area (Å²) < 4.78 is 1.12. The lowest BCUT2D eigenvalue weighted by Gasteiger charge is -2.29. The van der Waals surface area contributed by atoms with Crippen LogP contribution < -0.4 is 0 Å². The molecule has 3 rings (SSSR count). The van der Waals surface area contributed by atoms with Gasteiger partial charge in [-0.05, 0) is 41.3 Å². The summed E-state index contributed by atoms with van der Waals surface area (Å²) in [6.45, 7) is 2.68. The quantitative estimate of drug-likeness (QED) is 0.921. The van der Waals surface area contributed by atoms with E-state index in [4.69, 9.17) is 5.11 Å². The zero-order valence-corrected chi connectivity index (χ0v) is 13.1. The van der Waals surface area contributed by atoms with Crippen molar-refractivity contribution in [3.63, 3.8) is 0 Å². The predicted molar refractivity (Wildman–Crippen MR) is 85.4 cm³/mol. The number of fused-ring (bicyclic) bond motifs is 1. The second-order valence-corrected chi connectivity index (χ2v) is 6.20. The average Bonchev–Trinajstić information content (AvgIpc) is 2.49.